The van der Waals surface area contributed by atoms with Crippen LogP contribution in [0.1, 0.15) is 48.8 Å². The van der Waals surface area contributed by atoms with Gasteiger partial charge in [0.05, 0.1) is 5.69 Å². The molecule has 0 aliphatic heterocycles. The molecule has 10 heteroatoms. The maximum absolute atomic E-state index is 14.0. The Hall–Kier alpha value is -4.44. The highest BCUT2D eigenvalue weighted by atomic mass is 32.1. The van der Waals surface area contributed by atoms with E-state index in [9.17, 15) is 14.4 Å². The van der Waals surface area contributed by atoms with Crippen molar-refractivity contribution in [2.45, 2.75) is 26.4 Å². The van der Waals surface area contributed by atoms with Crippen LogP contribution in [0.3, 0.4) is 0 Å². The zero-order valence-electron chi connectivity index (χ0n) is 19.7. The number of nitrogens with one attached hydrogen (secondary N) is 1. The first-order valence-electron chi connectivity index (χ1n) is 11.1. The highest BCUT2D eigenvalue weighted by molar-refractivity contribution is 7.09. The quantitative estimate of drug-likeness (QED) is 0.334. The zero-order valence-corrected chi connectivity index (χ0v) is 20.5. The fourth-order valence-corrected chi connectivity index (χ4v) is 4.50. The first-order chi connectivity index (χ1) is 17.3. The lowest BCUT2D eigenvalue weighted by molar-refractivity contribution is -0.123. The molecule has 0 fully saturated rings. The summed E-state index contributed by atoms with van der Waals surface area (Å²) >= 11 is 0.750. The molecule has 4 rings (SSSR count). The number of nitrogens with zero attached hydrogens (tertiary/aromatic N) is 2. The molecule has 4 aromatic rings. The van der Waals surface area contributed by atoms with E-state index in [-0.39, 0.29) is 28.6 Å². The summed E-state index contributed by atoms with van der Waals surface area (Å²) in [5.74, 6) is -1.07. The van der Waals surface area contributed by atoms with Crippen molar-refractivity contribution >= 4 is 40.6 Å². The fourth-order valence-electron chi connectivity index (χ4n) is 3.76. The summed E-state index contributed by atoms with van der Waals surface area (Å²) in [4.78, 5) is 40.6. The summed E-state index contributed by atoms with van der Waals surface area (Å²) in [7, 11) is 0. The number of nitrogen functional groups attached to an aromatic ring is 1. The second kappa shape index (κ2) is 10.4. The summed E-state index contributed by atoms with van der Waals surface area (Å²) in [6, 6.07) is 18.8. The number of aryl methyl sites for hydroxylation is 2. The zero-order chi connectivity index (χ0) is 25.8. The average molecular weight is 504 g/mol. The van der Waals surface area contributed by atoms with Crippen molar-refractivity contribution in [3.05, 3.63) is 99.9 Å². The molecule has 2 aromatic carbocycles. The smallest absolute Gasteiger partial charge is 0.273 e. The van der Waals surface area contributed by atoms with Gasteiger partial charge in [-0.05, 0) is 60.8 Å². The number of primary amides is 1. The minimum Gasteiger partial charge on any atom is -0.464 e. The Kier molecular flexibility index (Phi) is 7.16. The Morgan fingerprint density at radius 1 is 1.06 bits per heavy atom. The van der Waals surface area contributed by atoms with Gasteiger partial charge in [0.1, 0.15) is 16.4 Å². The van der Waals surface area contributed by atoms with E-state index in [0.717, 1.165) is 22.7 Å². The molecule has 0 saturated heterocycles. The van der Waals surface area contributed by atoms with Gasteiger partial charge in [-0.15, -0.1) is 0 Å². The van der Waals surface area contributed by atoms with Gasteiger partial charge in [-0.2, -0.15) is 4.37 Å². The second-order valence-electron chi connectivity index (χ2n) is 8.21. The van der Waals surface area contributed by atoms with Crippen LogP contribution in [0.15, 0.2) is 71.1 Å². The predicted octanol–water partition coefficient (Wildman–Crippen LogP) is 3.74. The molecule has 5 N–H and O–H groups in total. The lowest BCUT2D eigenvalue weighted by Gasteiger charge is -2.30. The van der Waals surface area contributed by atoms with Gasteiger partial charge in [0.25, 0.3) is 17.7 Å². The predicted molar refractivity (Wildman–Crippen MR) is 138 cm³/mol. The van der Waals surface area contributed by atoms with Crippen LogP contribution in [0.2, 0.25) is 0 Å². The van der Waals surface area contributed by atoms with E-state index in [1.165, 1.54) is 4.90 Å². The average Bonchev–Trinajstić information content (AvgIpc) is 3.46. The highest BCUT2D eigenvalue weighted by Crippen LogP contribution is 2.34. The van der Waals surface area contributed by atoms with E-state index in [1.54, 1.807) is 37.3 Å². The Bertz CT molecular complexity index is 1410. The van der Waals surface area contributed by atoms with Crippen molar-refractivity contribution < 1.29 is 18.8 Å². The first kappa shape index (κ1) is 24.7. The van der Waals surface area contributed by atoms with Gasteiger partial charge in [-0.25, -0.2) is 0 Å². The highest BCUT2D eigenvalue weighted by Gasteiger charge is 2.37. The van der Waals surface area contributed by atoms with Gasteiger partial charge in [0.2, 0.25) is 0 Å². The Morgan fingerprint density at radius 3 is 2.42 bits per heavy atom. The number of hydrogen-bond donors (Lipinski definition) is 3. The lowest BCUT2D eigenvalue weighted by Crippen LogP contribution is -2.43. The van der Waals surface area contributed by atoms with E-state index < -0.39 is 23.8 Å². The minimum atomic E-state index is -1.17. The Labute approximate surface area is 211 Å². The fraction of sp³-hybridized carbons (Fsp3) is 0.154. The molecule has 36 heavy (non-hydrogen) atoms. The molecule has 0 bridgehead atoms. The Morgan fingerprint density at radius 2 is 1.81 bits per heavy atom. The molecule has 3 amide bonds. The molecule has 9 nitrogen and oxygen atoms in total. The number of amides is 3. The molecule has 2 heterocycles. The molecular formula is C26H25N5O4S. The van der Waals surface area contributed by atoms with Gasteiger partial charge in [-0.3, -0.25) is 19.3 Å². The van der Waals surface area contributed by atoms with Crippen molar-refractivity contribution in [2.24, 2.45) is 5.73 Å². The maximum atomic E-state index is 14.0. The van der Waals surface area contributed by atoms with Crippen molar-refractivity contribution in [3.63, 3.8) is 0 Å². The largest absolute Gasteiger partial charge is 0.464 e. The van der Waals surface area contributed by atoms with Crippen LogP contribution in [0.25, 0.3) is 0 Å². The third-order valence-corrected chi connectivity index (χ3v) is 6.35. The molecule has 1 atom stereocenters. The van der Waals surface area contributed by atoms with E-state index in [0.29, 0.717) is 11.4 Å². The van der Waals surface area contributed by atoms with Crippen molar-refractivity contribution in [1.82, 2.24) is 9.69 Å². The van der Waals surface area contributed by atoms with Crippen molar-refractivity contribution in [2.75, 3.05) is 10.6 Å². The molecule has 184 valence electrons. The van der Waals surface area contributed by atoms with Crippen LogP contribution in [0.4, 0.5) is 11.4 Å². The topological polar surface area (TPSA) is 145 Å². The SMILES string of the molecule is Cc1cccc(N(C(=O)c2snc(C(N)=O)c2N)C(C(=O)NCc2ccccc2)c2ccc(C)o2)c1. The summed E-state index contributed by atoms with van der Waals surface area (Å²) in [5, 5.41) is 2.91. The molecule has 0 saturated carbocycles. The number of nitrogens with two attached hydrogens (primary N) is 2. The summed E-state index contributed by atoms with van der Waals surface area (Å²) in [6.07, 6.45) is 0. The van der Waals surface area contributed by atoms with E-state index in [4.69, 9.17) is 15.9 Å². The molecule has 1 unspecified atom stereocenters. The van der Waals surface area contributed by atoms with Crippen molar-refractivity contribution in [3.8, 4) is 0 Å². The first-order valence-corrected chi connectivity index (χ1v) is 11.9. The van der Waals surface area contributed by atoms with Gasteiger partial charge in [0.15, 0.2) is 11.7 Å². The number of carbonyl (C=O) groups is 3. The number of hydrogen-bond acceptors (Lipinski definition) is 7. The molecule has 0 radical (unpaired) electrons. The number of furan rings is 1. The molecule has 2 aromatic heterocycles. The van der Waals surface area contributed by atoms with E-state index in [1.807, 2.05) is 43.3 Å². The summed E-state index contributed by atoms with van der Waals surface area (Å²) in [6.45, 7) is 3.88. The maximum Gasteiger partial charge on any atom is 0.273 e. The normalized spacial score (nSPS) is 11.6. The van der Waals surface area contributed by atoms with E-state index in [2.05, 4.69) is 9.69 Å². The monoisotopic (exact) mass is 503 g/mol. The summed E-state index contributed by atoms with van der Waals surface area (Å²) < 4.78 is 9.80. The van der Waals surface area contributed by atoms with Crippen LogP contribution >= 0.6 is 11.5 Å². The third kappa shape index (κ3) is 5.13. The van der Waals surface area contributed by atoms with Crippen molar-refractivity contribution in [1.29, 1.82) is 0 Å². The number of anilines is 2. The number of benzene rings is 2. The standard InChI is InChI=1S/C26H25N5O4S/c1-15-7-6-10-18(13-15)31(26(34)23-20(27)21(24(28)32)30-36-23)22(19-12-11-16(2)35-19)25(33)29-14-17-8-4-3-5-9-17/h3-13,22H,14,27H2,1-2H3,(H2,28,32)(H,29,33). The molecule has 0 spiro atoms. The molecular weight excluding hydrogens is 478 g/mol. The summed E-state index contributed by atoms with van der Waals surface area (Å²) in [5.41, 5.74) is 13.3. The van der Waals surface area contributed by atoms with Crippen LogP contribution in [-0.2, 0) is 11.3 Å². The van der Waals surface area contributed by atoms with E-state index >= 15 is 0 Å². The number of rotatable bonds is 8. The van der Waals surface area contributed by atoms with Crippen LogP contribution < -0.4 is 21.7 Å². The van der Waals surface area contributed by atoms with Gasteiger partial charge in [0, 0.05) is 12.2 Å². The van der Waals surface area contributed by atoms with Gasteiger partial charge in [-0.1, -0.05) is 42.5 Å². The number of aromatic nitrogens is 1. The van der Waals surface area contributed by atoms with Gasteiger partial charge < -0.3 is 21.2 Å². The minimum absolute atomic E-state index is 0.00514. The van der Waals surface area contributed by atoms with Gasteiger partial charge >= 0.3 is 0 Å². The lowest BCUT2D eigenvalue weighted by atomic mass is 10.1. The molecule has 0 aliphatic carbocycles. The second-order valence-corrected chi connectivity index (χ2v) is 8.98. The Balaban J connectivity index is 1.81. The molecule has 0 aliphatic rings. The van der Waals surface area contributed by atoms with Crippen LogP contribution in [0, 0.1) is 13.8 Å². The third-order valence-electron chi connectivity index (χ3n) is 5.50. The van der Waals surface area contributed by atoms with Crippen LogP contribution in [-0.4, -0.2) is 22.1 Å². The van der Waals surface area contributed by atoms with Crippen LogP contribution in [0.5, 0.6) is 0 Å². The number of carbonyl (C=O) groups excluding carboxylic acids is 3.